The summed E-state index contributed by atoms with van der Waals surface area (Å²) in [5.74, 6) is -0.754. The van der Waals surface area contributed by atoms with Crippen LogP contribution in [0.1, 0.15) is 36.8 Å². The molecule has 208 valence electrons. The van der Waals surface area contributed by atoms with E-state index in [-0.39, 0.29) is 41.9 Å². The molecule has 3 heterocycles. The number of hydrogen-bond donors (Lipinski definition) is 1. The van der Waals surface area contributed by atoms with Crippen LogP contribution in [0.25, 0.3) is 0 Å². The molecule has 9 nitrogen and oxygen atoms in total. The van der Waals surface area contributed by atoms with Crippen molar-refractivity contribution in [2.75, 3.05) is 20.2 Å². The highest BCUT2D eigenvalue weighted by Crippen LogP contribution is 2.49. The normalized spacial score (nSPS) is 22.8. The Kier molecular flexibility index (Phi) is 8.39. The van der Waals surface area contributed by atoms with Crippen LogP contribution < -0.4 is 10.1 Å². The molecule has 0 aliphatic carbocycles. The van der Waals surface area contributed by atoms with Gasteiger partial charge in [0.05, 0.1) is 18.4 Å². The van der Waals surface area contributed by atoms with E-state index in [0.717, 1.165) is 0 Å². The van der Waals surface area contributed by atoms with Crippen LogP contribution in [0, 0.1) is 12.8 Å². The highest BCUT2D eigenvalue weighted by Gasteiger charge is 2.70. The molecule has 12 heteroatoms. The Hall–Kier alpha value is -2.95. The van der Waals surface area contributed by atoms with Gasteiger partial charge in [-0.3, -0.25) is 19.2 Å². The molecule has 0 saturated carbocycles. The predicted octanol–water partition coefficient (Wildman–Crippen LogP) is 3.31. The number of aryl methyl sites for hydroxylation is 1. The van der Waals surface area contributed by atoms with E-state index in [4.69, 9.17) is 27.9 Å². The molecule has 5 rings (SSSR count). The van der Waals surface area contributed by atoms with Gasteiger partial charge in [-0.2, -0.15) is 0 Å². The fraction of sp³-hybridized carbons (Fsp3) is 0.407. The topological polar surface area (TPSA) is 127 Å². The first-order valence-electron chi connectivity index (χ1n) is 12.4. The van der Waals surface area contributed by atoms with Crippen molar-refractivity contribution in [2.45, 2.75) is 48.8 Å². The van der Waals surface area contributed by atoms with Gasteiger partial charge in [-0.1, -0.05) is 23.2 Å². The molecule has 2 unspecified atom stereocenters. The zero-order valence-electron chi connectivity index (χ0n) is 21.5. The molecule has 0 radical (unpaired) electrons. The van der Waals surface area contributed by atoms with E-state index in [1.54, 1.807) is 25.1 Å². The summed E-state index contributed by atoms with van der Waals surface area (Å²) in [6.45, 7) is 2.19. The molecule has 3 aliphatic heterocycles. The molecule has 3 aliphatic rings. The number of sulfone groups is 1. The lowest BCUT2D eigenvalue weighted by Gasteiger charge is -2.44. The minimum atomic E-state index is -4.14. The van der Waals surface area contributed by atoms with Gasteiger partial charge < -0.3 is 15.0 Å². The highest BCUT2D eigenvalue weighted by atomic mass is 35.5. The average Bonchev–Trinajstić information content (AvgIpc) is 2.96. The smallest absolute Gasteiger partial charge is 0.228 e. The second-order valence-electron chi connectivity index (χ2n) is 9.74. The maximum absolute atomic E-state index is 13.6. The molecule has 2 aromatic rings. The van der Waals surface area contributed by atoms with E-state index in [0.29, 0.717) is 52.7 Å². The third-order valence-corrected chi connectivity index (χ3v) is 10.2. The Balaban J connectivity index is 0.000000333. The number of nitrogens with one attached hydrogen (secondary N) is 1. The average molecular weight is 596 g/mol. The minimum absolute atomic E-state index is 0.000787. The Bertz CT molecular complexity index is 1440. The number of nitrogens with zero attached hydrogens (tertiary/aromatic N) is 1. The van der Waals surface area contributed by atoms with Crippen molar-refractivity contribution in [3.63, 3.8) is 0 Å². The highest BCUT2D eigenvalue weighted by molar-refractivity contribution is 7.93. The van der Waals surface area contributed by atoms with Crippen LogP contribution in [-0.4, -0.2) is 61.8 Å². The zero-order valence-corrected chi connectivity index (χ0v) is 23.8. The summed E-state index contributed by atoms with van der Waals surface area (Å²) in [7, 11) is -2.63. The van der Waals surface area contributed by atoms with Crippen LogP contribution in [0.15, 0.2) is 41.3 Å². The van der Waals surface area contributed by atoms with Crippen LogP contribution in [0.3, 0.4) is 0 Å². The number of carbonyl (C=O) groups excluding carboxylic acids is 4. The SMILES string of the molecule is COc1ccc(Cl)cc1CC1CN2C(=O)CC2(S(=O)(=O)c2ccc(Cl)cc2C)C1=O.O=C1CCNC(=O)CC1. The molecule has 0 bridgehead atoms. The maximum Gasteiger partial charge on any atom is 0.228 e. The molecule has 3 fully saturated rings. The van der Waals surface area contributed by atoms with Crippen LogP contribution in [0.5, 0.6) is 5.75 Å². The Labute approximate surface area is 236 Å². The second-order valence-corrected chi connectivity index (χ2v) is 12.7. The Morgan fingerprint density at radius 2 is 1.72 bits per heavy atom. The van der Waals surface area contributed by atoms with E-state index in [2.05, 4.69) is 5.32 Å². The van der Waals surface area contributed by atoms with Gasteiger partial charge in [-0.05, 0) is 60.9 Å². The van der Waals surface area contributed by atoms with Gasteiger partial charge in [0.25, 0.3) is 0 Å². The molecule has 2 amide bonds. The van der Waals surface area contributed by atoms with E-state index in [9.17, 15) is 27.6 Å². The third-order valence-electron chi connectivity index (χ3n) is 7.22. The number of rotatable bonds is 5. The van der Waals surface area contributed by atoms with Crippen molar-refractivity contribution < 1.29 is 32.3 Å². The Morgan fingerprint density at radius 3 is 2.38 bits per heavy atom. The molecule has 39 heavy (non-hydrogen) atoms. The number of ether oxygens (including phenoxy) is 1. The van der Waals surface area contributed by atoms with Gasteiger partial charge in [-0.25, -0.2) is 8.42 Å². The number of halogens is 2. The number of ketones is 2. The van der Waals surface area contributed by atoms with Crippen molar-refractivity contribution in [1.29, 1.82) is 0 Å². The van der Waals surface area contributed by atoms with Gasteiger partial charge >= 0.3 is 0 Å². The molecule has 0 spiro atoms. The first-order chi connectivity index (χ1) is 18.4. The number of amides is 2. The molecule has 1 N–H and O–H groups in total. The lowest BCUT2D eigenvalue weighted by Crippen LogP contribution is -2.67. The van der Waals surface area contributed by atoms with Gasteiger partial charge in [0, 0.05) is 48.3 Å². The number of methoxy groups -OCH3 is 1. The fourth-order valence-corrected chi connectivity index (χ4v) is 7.93. The predicted molar refractivity (Wildman–Crippen MR) is 145 cm³/mol. The molecule has 2 aromatic carbocycles. The summed E-state index contributed by atoms with van der Waals surface area (Å²) in [4.78, 5) is 46.3. The molecule has 0 aromatic heterocycles. The Morgan fingerprint density at radius 1 is 1.03 bits per heavy atom. The van der Waals surface area contributed by atoms with Gasteiger partial charge in [-0.15, -0.1) is 0 Å². The summed E-state index contributed by atoms with van der Waals surface area (Å²) in [6, 6.07) is 9.45. The first kappa shape index (κ1) is 29.0. The van der Waals surface area contributed by atoms with Crippen molar-refractivity contribution in [1.82, 2.24) is 10.2 Å². The standard InChI is InChI=1S/C21H19Cl2NO5S.C6H9NO2/c1-12-7-15(22)4-6-18(12)30(27,28)21-10-19(25)24(21)11-14(20(21)26)8-13-9-16(23)3-5-17(13)29-2;8-5-1-2-6(9)7-4-3-5/h3-7,9,14H,8,10-11H2,1-2H3;1-4H2,(H,7,9). The number of Topliss-reactive ketones (excluding diaryl/α,β-unsaturated/α-hetero) is 2. The molecular formula is C27H28Cl2N2O7S. The number of β-lactam (4-membered cyclic amide) rings is 1. The summed E-state index contributed by atoms with van der Waals surface area (Å²) in [5.41, 5.74) is 1.12. The summed E-state index contributed by atoms with van der Waals surface area (Å²) >= 11 is 12.0. The van der Waals surface area contributed by atoms with E-state index in [1.165, 1.54) is 30.2 Å². The van der Waals surface area contributed by atoms with Gasteiger partial charge in [0.15, 0.2) is 5.78 Å². The van der Waals surface area contributed by atoms with Crippen LogP contribution in [0.2, 0.25) is 10.0 Å². The number of hydrogen-bond acceptors (Lipinski definition) is 7. The lowest BCUT2D eigenvalue weighted by atomic mass is 9.92. The van der Waals surface area contributed by atoms with E-state index in [1.807, 2.05) is 0 Å². The van der Waals surface area contributed by atoms with Gasteiger partial charge in [0.1, 0.15) is 11.5 Å². The van der Waals surface area contributed by atoms with Crippen LogP contribution in [-0.2, 0) is 35.4 Å². The largest absolute Gasteiger partial charge is 0.496 e. The fourth-order valence-electron chi connectivity index (χ4n) is 5.20. The number of fused-ring (bicyclic) bond motifs is 1. The minimum Gasteiger partial charge on any atom is -0.496 e. The zero-order chi connectivity index (χ0) is 28.5. The quantitative estimate of drug-likeness (QED) is 0.526. The van der Waals surface area contributed by atoms with Crippen molar-refractivity contribution in [2.24, 2.45) is 5.92 Å². The van der Waals surface area contributed by atoms with Crippen molar-refractivity contribution >= 4 is 56.4 Å². The summed E-state index contributed by atoms with van der Waals surface area (Å²) in [6.07, 6.45) is 1.18. The van der Waals surface area contributed by atoms with Crippen molar-refractivity contribution in [3.05, 3.63) is 57.6 Å². The third kappa shape index (κ3) is 5.42. The first-order valence-corrected chi connectivity index (χ1v) is 14.6. The van der Waals surface area contributed by atoms with Gasteiger partial charge in [0.2, 0.25) is 26.5 Å². The maximum atomic E-state index is 13.6. The number of carbonyl (C=O) groups is 4. The monoisotopic (exact) mass is 594 g/mol. The van der Waals surface area contributed by atoms with Crippen LogP contribution >= 0.6 is 23.2 Å². The van der Waals surface area contributed by atoms with E-state index < -0.39 is 26.4 Å². The number of benzene rings is 2. The van der Waals surface area contributed by atoms with E-state index >= 15 is 0 Å². The summed E-state index contributed by atoms with van der Waals surface area (Å²) < 4.78 is 32.5. The molecule has 3 saturated heterocycles. The molecule has 2 atom stereocenters. The molecular weight excluding hydrogens is 567 g/mol. The van der Waals surface area contributed by atoms with Crippen LogP contribution in [0.4, 0.5) is 0 Å². The lowest BCUT2D eigenvalue weighted by molar-refractivity contribution is -0.150. The summed E-state index contributed by atoms with van der Waals surface area (Å²) in [5, 5.41) is 3.49. The second kappa shape index (κ2) is 11.3. The van der Waals surface area contributed by atoms with Crippen molar-refractivity contribution in [3.8, 4) is 5.75 Å².